The first-order valence-electron chi connectivity index (χ1n) is 7.69. The molecule has 2 heteroatoms. The van der Waals surface area contributed by atoms with E-state index < -0.39 is 0 Å². The van der Waals surface area contributed by atoms with Crippen molar-refractivity contribution in [2.24, 2.45) is 0 Å². The zero-order valence-corrected chi connectivity index (χ0v) is 13.1. The van der Waals surface area contributed by atoms with E-state index in [1.807, 2.05) is 42.5 Å². The molecule has 0 radical (unpaired) electrons. The lowest BCUT2D eigenvalue weighted by molar-refractivity contribution is 0.112. The summed E-state index contributed by atoms with van der Waals surface area (Å²) >= 11 is 0. The van der Waals surface area contributed by atoms with E-state index in [-0.39, 0.29) is 0 Å². The highest BCUT2D eigenvalue weighted by Crippen LogP contribution is 2.27. The zero-order valence-electron chi connectivity index (χ0n) is 13.1. The number of para-hydroxylation sites is 1. The highest BCUT2D eigenvalue weighted by Gasteiger charge is 2.10. The second-order valence-electron chi connectivity index (χ2n) is 5.62. The van der Waals surface area contributed by atoms with E-state index in [2.05, 4.69) is 48.2 Å². The molecule has 3 aromatic carbocycles. The van der Waals surface area contributed by atoms with Crippen LogP contribution < -0.4 is 4.90 Å². The summed E-state index contributed by atoms with van der Waals surface area (Å²) in [6.45, 7) is 2.85. The quantitative estimate of drug-likeness (QED) is 0.608. The van der Waals surface area contributed by atoms with Gasteiger partial charge in [0.1, 0.15) is 6.29 Å². The predicted octanol–water partition coefficient (Wildman–Crippen LogP) is 5.15. The van der Waals surface area contributed by atoms with Crippen molar-refractivity contribution in [3.05, 3.63) is 95.6 Å². The van der Waals surface area contributed by atoms with E-state index in [9.17, 15) is 4.79 Å². The van der Waals surface area contributed by atoms with Gasteiger partial charge in [0.25, 0.3) is 0 Å². The molecule has 0 aliphatic heterocycles. The molecule has 0 unspecified atom stereocenters. The lowest BCUT2D eigenvalue weighted by atomic mass is 10.1. The third-order valence-electron chi connectivity index (χ3n) is 3.87. The average molecular weight is 301 g/mol. The number of hydrogen-bond acceptors (Lipinski definition) is 2. The molecule has 0 amide bonds. The van der Waals surface area contributed by atoms with Gasteiger partial charge in [-0.05, 0) is 36.8 Å². The van der Waals surface area contributed by atoms with Gasteiger partial charge in [-0.15, -0.1) is 0 Å². The lowest BCUT2D eigenvalue weighted by Crippen LogP contribution is -2.16. The van der Waals surface area contributed by atoms with Gasteiger partial charge in [-0.1, -0.05) is 60.2 Å². The minimum absolute atomic E-state index is 0.704. The molecule has 0 aliphatic carbocycles. The molecule has 0 saturated heterocycles. The Morgan fingerprint density at radius 3 is 2.00 bits per heavy atom. The van der Waals surface area contributed by atoms with Gasteiger partial charge >= 0.3 is 0 Å². The molecule has 0 spiro atoms. The second-order valence-corrected chi connectivity index (χ2v) is 5.62. The normalized spacial score (nSPS) is 10.3. The summed E-state index contributed by atoms with van der Waals surface area (Å²) in [7, 11) is 0. The maximum atomic E-state index is 10.8. The van der Waals surface area contributed by atoms with Crippen LogP contribution in [0.1, 0.15) is 21.5 Å². The number of carbonyl (C=O) groups excluding carboxylic acids is 1. The number of aldehydes is 1. The summed E-state index contributed by atoms with van der Waals surface area (Å²) in [6, 6.07) is 26.6. The SMILES string of the molecule is Cc1ccc(N(Cc2ccc(C=O)cc2)c2ccccc2)cc1. The van der Waals surface area contributed by atoms with Crippen molar-refractivity contribution in [3.63, 3.8) is 0 Å². The fourth-order valence-electron chi connectivity index (χ4n) is 2.55. The maximum Gasteiger partial charge on any atom is 0.150 e. The van der Waals surface area contributed by atoms with Crippen molar-refractivity contribution in [2.45, 2.75) is 13.5 Å². The molecule has 0 aromatic heterocycles. The van der Waals surface area contributed by atoms with Crippen LogP contribution in [0, 0.1) is 6.92 Å². The molecule has 23 heavy (non-hydrogen) atoms. The van der Waals surface area contributed by atoms with Gasteiger partial charge in [0.2, 0.25) is 0 Å². The van der Waals surface area contributed by atoms with Crippen LogP contribution in [0.3, 0.4) is 0 Å². The van der Waals surface area contributed by atoms with Crippen LogP contribution in [0.2, 0.25) is 0 Å². The van der Waals surface area contributed by atoms with Gasteiger partial charge in [0, 0.05) is 23.5 Å². The third-order valence-corrected chi connectivity index (χ3v) is 3.87. The molecule has 0 aliphatic rings. The van der Waals surface area contributed by atoms with Crippen molar-refractivity contribution >= 4 is 17.7 Å². The molecule has 0 saturated carbocycles. The highest BCUT2D eigenvalue weighted by atomic mass is 16.1. The molecule has 0 heterocycles. The number of carbonyl (C=O) groups is 1. The first-order valence-corrected chi connectivity index (χ1v) is 7.69. The lowest BCUT2D eigenvalue weighted by Gasteiger charge is -2.25. The molecule has 3 aromatic rings. The van der Waals surface area contributed by atoms with E-state index in [1.165, 1.54) is 11.1 Å². The minimum Gasteiger partial charge on any atom is -0.337 e. The van der Waals surface area contributed by atoms with Crippen LogP contribution in [0.5, 0.6) is 0 Å². The molecule has 0 atom stereocenters. The standard InChI is InChI=1S/C21H19NO/c1-17-7-13-21(14-8-17)22(20-5-3-2-4-6-20)15-18-9-11-19(16-23)12-10-18/h2-14,16H,15H2,1H3. The van der Waals surface area contributed by atoms with Crippen LogP contribution in [-0.4, -0.2) is 6.29 Å². The Morgan fingerprint density at radius 2 is 1.39 bits per heavy atom. The van der Waals surface area contributed by atoms with Crippen molar-refractivity contribution in [3.8, 4) is 0 Å². The van der Waals surface area contributed by atoms with Crippen molar-refractivity contribution < 1.29 is 4.79 Å². The number of nitrogens with zero attached hydrogens (tertiary/aromatic N) is 1. The van der Waals surface area contributed by atoms with Crippen molar-refractivity contribution in [1.29, 1.82) is 0 Å². The zero-order chi connectivity index (χ0) is 16.1. The Morgan fingerprint density at radius 1 is 0.783 bits per heavy atom. The van der Waals surface area contributed by atoms with Crippen molar-refractivity contribution in [2.75, 3.05) is 4.90 Å². The Balaban J connectivity index is 1.94. The third kappa shape index (κ3) is 3.67. The molecular formula is C21H19NO. The second kappa shape index (κ2) is 6.93. The van der Waals surface area contributed by atoms with Crippen LogP contribution in [-0.2, 0) is 6.54 Å². The van der Waals surface area contributed by atoms with Gasteiger partial charge < -0.3 is 4.90 Å². The molecule has 2 nitrogen and oxygen atoms in total. The largest absolute Gasteiger partial charge is 0.337 e. The van der Waals surface area contributed by atoms with Crippen molar-refractivity contribution in [1.82, 2.24) is 0 Å². The number of anilines is 2. The molecule has 3 rings (SSSR count). The number of aryl methyl sites for hydroxylation is 1. The fraction of sp³-hybridized carbons (Fsp3) is 0.0952. The monoisotopic (exact) mass is 301 g/mol. The summed E-state index contributed by atoms with van der Waals surface area (Å²) in [6.07, 6.45) is 0.874. The molecule has 0 fully saturated rings. The molecule has 0 N–H and O–H groups in total. The van der Waals surface area contributed by atoms with E-state index in [0.29, 0.717) is 5.56 Å². The van der Waals surface area contributed by atoms with Gasteiger partial charge in [0.05, 0.1) is 0 Å². The highest BCUT2D eigenvalue weighted by molar-refractivity contribution is 5.74. The summed E-state index contributed by atoms with van der Waals surface area (Å²) in [4.78, 5) is 13.1. The van der Waals surface area contributed by atoms with Gasteiger partial charge in [-0.2, -0.15) is 0 Å². The van der Waals surface area contributed by atoms with Crippen LogP contribution in [0.4, 0.5) is 11.4 Å². The van der Waals surface area contributed by atoms with E-state index in [0.717, 1.165) is 24.2 Å². The Bertz CT molecular complexity index is 761. The first-order chi connectivity index (χ1) is 11.3. The number of hydrogen-bond donors (Lipinski definition) is 0. The van der Waals surface area contributed by atoms with E-state index in [4.69, 9.17) is 0 Å². The molecular weight excluding hydrogens is 282 g/mol. The Labute approximate surface area is 137 Å². The maximum absolute atomic E-state index is 10.8. The summed E-state index contributed by atoms with van der Waals surface area (Å²) in [5.41, 5.74) is 5.42. The van der Waals surface area contributed by atoms with Gasteiger partial charge in [-0.3, -0.25) is 4.79 Å². The number of rotatable bonds is 5. The van der Waals surface area contributed by atoms with Gasteiger partial charge in [-0.25, -0.2) is 0 Å². The topological polar surface area (TPSA) is 20.3 Å². The molecule has 114 valence electrons. The van der Waals surface area contributed by atoms with Gasteiger partial charge in [0.15, 0.2) is 0 Å². The van der Waals surface area contributed by atoms with E-state index >= 15 is 0 Å². The van der Waals surface area contributed by atoms with Crippen LogP contribution in [0.25, 0.3) is 0 Å². The average Bonchev–Trinajstić information content (AvgIpc) is 2.62. The predicted molar refractivity (Wildman–Crippen MR) is 95.3 cm³/mol. The summed E-state index contributed by atoms with van der Waals surface area (Å²) < 4.78 is 0. The smallest absolute Gasteiger partial charge is 0.150 e. The molecule has 0 bridgehead atoms. The van der Waals surface area contributed by atoms with Crippen LogP contribution >= 0.6 is 0 Å². The summed E-state index contributed by atoms with van der Waals surface area (Å²) in [5, 5.41) is 0. The fourth-order valence-corrected chi connectivity index (χ4v) is 2.55. The minimum atomic E-state index is 0.704. The van der Waals surface area contributed by atoms with Crippen LogP contribution in [0.15, 0.2) is 78.9 Å². The first kappa shape index (κ1) is 15.0. The number of benzene rings is 3. The van der Waals surface area contributed by atoms with E-state index in [1.54, 1.807) is 0 Å². The Kier molecular flexibility index (Phi) is 4.53. The summed E-state index contributed by atoms with van der Waals surface area (Å²) in [5.74, 6) is 0. The Hall–Kier alpha value is -2.87.